The maximum atomic E-state index is 12.4. The van der Waals surface area contributed by atoms with E-state index in [1.165, 1.54) is 5.56 Å². The highest BCUT2D eigenvalue weighted by atomic mass is 35.5. The quantitative estimate of drug-likeness (QED) is 0.864. The van der Waals surface area contributed by atoms with Gasteiger partial charge in [-0.15, -0.1) is 0 Å². The van der Waals surface area contributed by atoms with Gasteiger partial charge in [0.25, 0.3) is 0 Å². The molecule has 2 aromatic rings. The Hall–Kier alpha value is -2.04. The molecule has 0 aromatic heterocycles. The van der Waals surface area contributed by atoms with Gasteiger partial charge in [-0.2, -0.15) is 0 Å². The van der Waals surface area contributed by atoms with Crippen LogP contribution in [0.25, 0.3) is 0 Å². The molecule has 0 bridgehead atoms. The van der Waals surface area contributed by atoms with Crippen LogP contribution in [0.3, 0.4) is 0 Å². The summed E-state index contributed by atoms with van der Waals surface area (Å²) in [6.45, 7) is 2.96. The third kappa shape index (κ3) is 4.33. The summed E-state index contributed by atoms with van der Waals surface area (Å²) >= 11 is 11.8. The maximum absolute atomic E-state index is 12.4. The normalized spacial score (nSPS) is 17.0. The lowest BCUT2D eigenvalue weighted by molar-refractivity contribution is -0.128. The highest BCUT2D eigenvalue weighted by molar-refractivity contribution is 6.42. The van der Waals surface area contributed by atoms with E-state index in [1.54, 1.807) is 23.1 Å². The van der Waals surface area contributed by atoms with E-state index in [0.717, 1.165) is 5.56 Å². The number of benzene rings is 2. The zero-order valence-electron chi connectivity index (χ0n) is 13.8. The Balaban J connectivity index is 1.62. The third-order valence-corrected chi connectivity index (χ3v) is 5.01. The molecule has 0 radical (unpaired) electrons. The van der Waals surface area contributed by atoms with Gasteiger partial charge in [-0.3, -0.25) is 9.59 Å². The highest BCUT2D eigenvalue weighted by Crippen LogP contribution is 2.26. The number of hydrogen-bond donors (Lipinski definition) is 1. The molecule has 2 amide bonds. The van der Waals surface area contributed by atoms with Gasteiger partial charge < -0.3 is 10.2 Å². The molecule has 3 rings (SSSR count). The molecule has 0 spiro atoms. The third-order valence-electron chi connectivity index (χ3n) is 4.27. The van der Waals surface area contributed by atoms with Gasteiger partial charge in [0.15, 0.2) is 0 Å². The number of nitrogens with zero attached hydrogens (tertiary/aromatic N) is 1. The molecule has 1 aliphatic heterocycles. The summed E-state index contributed by atoms with van der Waals surface area (Å²) in [7, 11) is 0. The minimum absolute atomic E-state index is 0.00476. The smallest absolute Gasteiger partial charge is 0.229 e. The van der Waals surface area contributed by atoms with E-state index in [9.17, 15) is 9.59 Å². The van der Waals surface area contributed by atoms with E-state index in [1.807, 2.05) is 31.2 Å². The Bertz CT molecular complexity index is 806. The van der Waals surface area contributed by atoms with Crippen molar-refractivity contribution in [2.45, 2.75) is 19.9 Å². The van der Waals surface area contributed by atoms with Gasteiger partial charge >= 0.3 is 0 Å². The van der Waals surface area contributed by atoms with Gasteiger partial charge in [0.05, 0.1) is 16.0 Å². The summed E-state index contributed by atoms with van der Waals surface area (Å²) in [5, 5.41) is 3.61. The average molecular weight is 377 g/mol. The number of hydrogen-bond acceptors (Lipinski definition) is 2. The van der Waals surface area contributed by atoms with Crippen LogP contribution in [0.4, 0.5) is 5.69 Å². The van der Waals surface area contributed by atoms with Crippen molar-refractivity contribution in [2.75, 3.05) is 11.9 Å². The lowest BCUT2D eigenvalue weighted by Crippen LogP contribution is -2.28. The minimum atomic E-state index is -0.368. The first-order valence-corrected chi connectivity index (χ1v) is 8.77. The molecular formula is C19H18Cl2N2O2. The van der Waals surface area contributed by atoms with Crippen LogP contribution in [-0.4, -0.2) is 23.3 Å². The number of rotatable bonds is 4. The van der Waals surface area contributed by atoms with Crippen molar-refractivity contribution in [2.24, 2.45) is 5.92 Å². The Morgan fingerprint density at radius 3 is 2.56 bits per heavy atom. The van der Waals surface area contributed by atoms with Crippen molar-refractivity contribution in [3.8, 4) is 0 Å². The molecule has 1 heterocycles. The summed E-state index contributed by atoms with van der Waals surface area (Å²) in [5.74, 6) is -0.555. The molecule has 0 aliphatic carbocycles. The molecule has 6 heteroatoms. The fourth-order valence-electron chi connectivity index (χ4n) is 2.83. The second-order valence-electron chi connectivity index (χ2n) is 6.28. The van der Waals surface area contributed by atoms with Crippen LogP contribution in [0.15, 0.2) is 42.5 Å². The number of anilines is 1. The summed E-state index contributed by atoms with van der Waals surface area (Å²) in [6.07, 6.45) is 0.221. The van der Waals surface area contributed by atoms with Crippen molar-refractivity contribution in [1.82, 2.24) is 4.90 Å². The zero-order valence-corrected chi connectivity index (χ0v) is 15.3. The molecule has 2 aromatic carbocycles. The average Bonchev–Trinajstić information content (AvgIpc) is 2.94. The van der Waals surface area contributed by atoms with E-state index in [4.69, 9.17) is 23.2 Å². The Labute approximate surface area is 156 Å². The Morgan fingerprint density at radius 1 is 1.16 bits per heavy atom. The SMILES string of the molecule is Cc1ccc(CN2CC(C(=O)Nc3ccc(Cl)c(Cl)c3)CC2=O)cc1. The van der Waals surface area contributed by atoms with Crippen LogP contribution in [0, 0.1) is 12.8 Å². The van der Waals surface area contributed by atoms with E-state index < -0.39 is 0 Å². The lowest BCUT2D eigenvalue weighted by Gasteiger charge is -2.17. The first kappa shape index (κ1) is 17.8. The van der Waals surface area contributed by atoms with E-state index >= 15 is 0 Å². The zero-order chi connectivity index (χ0) is 18.0. The summed E-state index contributed by atoms with van der Waals surface area (Å²) in [4.78, 5) is 26.4. The summed E-state index contributed by atoms with van der Waals surface area (Å²) in [5.41, 5.74) is 2.81. The number of amides is 2. The second-order valence-corrected chi connectivity index (χ2v) is 7.09. The van der Waals surface area contributed by atoms with E-state index in [2.05, 4.69) is 5.32 Å². The number of halogens is 2. The number of aryl methyl sites for hydroxylation is 1. The van der Waals surface area contributed by atoms with Crippen LogP contribution in [-0.2, 0) is 16.1 Å². The minimum Gasteiger partial charge on any atom is -0.338 e. The molecule has 130 valence electrons. The van der Waals surface area contributed by atoms with Gasteiger partial charge in [0.2, 0.25) is 11.8 Å². The molecule has 1 aliphatic rings. The first-order chi connectivity index (χ1) is 11.9. The molecule has 25 heavy (non-hydrogen) atoms. The molecule has 0 saturated carbocycles. The predicted molar refractivity (Wildman–Crippen MR) is 99.8 cm³/mol. The number of carbonyl (C=O) groups is 2. The van der Waals surface area contributed by atoms with Crippen molar-refractivity contribution >= 4 is 40.7 Å². The Kier molecular flexibility index (Phi) is 5.30. The predicted octanol–water partition coefficient (Wildman–Crippen LogP) is 4.29. The fourth-order valence-corrected chi connectivity index (χ4v) is 3.13. The first-order valence-electron chi connectivity index (χ1n) is 8.01. The van der Waals surface area contributed by atoms with Gasteiger partial charge in [-0.05, 0) is 30.7 Å². The van der Waals surface area contributed by atoms with Gasteiger partial charge in [0.1, 0.15) is 0 Å². The fraction of sp³-hybridized carbons (Fsp3) is 0.263. The molecule has 1 atom stereocenters. The largest absolute Gasteiger partial charge is 0.338 e. The summed E-state index contributed by atoms with van der Waals surface area (Å²) in [6, 6.07) is 13.0. The van der Waals surface area contributed by atoms with E-state index in [-0.39, 0.29) is 24.2 Å². The number of carbonyl (C=O) groups excluding carboxylic acids is 2. The van der Waals surface area contributed by atoms with E-state index in [0.29, 0.717) is 28.8 Å². The van der Waals surface area contributed by atoms with Gasteiger partial charge in [-0.1, -0.05) is 53.0 Å². The number of likely N-dealkylation sites (tertiary alicyclic amines) is 1. The van der Waals surface area contributed by atoms with Crippen molar-refractivity contribution < 1.29 is 9.59 Å². The summed E-state index contributed by atoms with van der Waals surface area (Å²) < 4.78 is 0. The Morgan fingerprint density at radius 2 is 1.88 bits per heavy atom. The van der Waals surface area contributed by atoms with Gasteiger partial charge in [0, 0.05) is 25.2 Å². The molecule has 1 N–H and O–H groups in total. The maximum Gasteiger partial charge on any atom is 0.229 e. The van der Waals surface area contributed by atoms with Crippen LogP contribution >= 0.6 is 23.2 Å². The van der Waals surface area contributed by atoms with Crippen molar-refractivity contribution in [1.29, 1.82) is 0 Å². The molecule has 1 fully saturated rings. The van der Waals surface area contributed by atoms with Crippen LogP contribution in [0.5, 0.6) is 0 Å². The van der Waals surface area contributed by atoms with Crippen LogP contribution in [0.1, 0.15) is 17.5 Å². The standard InChI is InChI=1S/C19H18Cl2N2O2/c1-12-2-4-13(5-3-12)10-23-11-14(8-18(23)24)19(25)22-15-6-7-16(20)17(21)9-15/h2-7,9,14H,8,10-11H2,1H3,(H,22,25). The lowest BCUT2D eigenvalue weighted by atomic mass is 10.1. The molecule has 1 unspecified atom stereocenters. The second kappa shape index (κ2) is 7.46. The molecule has 1 saturated heterocycles. The van der Waals surface area contributed by atoms with Crippen LogP contribution in [0.2, 0.25) is 10.0 Å². The highest BCUT2D eigenvalue weighted by Gasteiger charge is 2.34. The molecule has 4 nitrogen and oxygen atoms in total. The topological polar surface area (TPSA) is 49.4 Å². The van der Waals surface area contributed by atoms with Crippen molar-refractivity contribution in [3.05, 3.63) is 63.6 Å². The van der Waals surface area contributed by atoms with Crippen LogP contribution < -0.4 is 5.32 Å². The molecular weight excluding hydrogens is 359 g/mol. The van der Waals surface area contributed by atoms with Gasteiger partial charge in [-0.25, -0.2) is 0 Å². The monoisotopic (exact) mass is 376 g/mol. The van der Waals surface area contributed by atoms with Crippen molar-refractivity contribution in [3.63, 3.8) is 0 Å². The number of nitrogens with one attached hydrogen (secondary N) is 1.